The normalized spacial score (nSPS) is 16.8. The number of hydrogen-bond donors (Lipinski definition) is 3. The zero-order chi connectivity index (χ0) is 31.5. The zero-order valence-electron chi connectivity index (χ0n) is 24.6. The van der Waals surface area contributed by atoms with Gasteiger partial charge < -0.3 is 10.2 Å². The van der Waals surface area contributed by atoms with Crippen molar-refractivity contribution in [3.8, 4) is 11.1 Å². The molecule has 4 aromatic rings. The molecule has 3 N–H and O–H groups in total. The van der Waals surface area contributed by atoms with Crippen molar-refractivity contribution >= 4 is 34.9 Å². The Morgan fingerprint density at radius 3 is 2.27 bits per heavy atom. The number of nitrogens with zero attached hydrogens (tertiary/aromatic N) is 4. The topological polar surface area (TPSA) is 116 Å². The number of tetrazole rings is 1. The lowest BCUT2D eigenvalue weighted by molar-refractivity contribution is -0.137. The van der Waals surface area contributed by atoms with E-state index >= 15 is 0 Å². The van der Waals surface area contributed by atoms with E-state index in [1.165, 1.54) is 11.3 Å². The summed E-state index contributed by atoms with van der Waals surface area (Å²) in [6.45, 7) is 6.88. The number of carbonyl (C=O) groups excluding carboxylic acids is 2. The number of carbonyl (C=O) groups is 2. The van der Waals surface area contributed by atoms with E-state index in [0.29, 0.717) is 22.6 Å². The van der Waals surface area contributed by atoms with Gasteiger partial charge in [-0.15, -0.1) is 5.10 Å². The number of thiophene rings is 1. The largest absolute Gasteiger partial charge is 0.416 e. The maximum Gasteiger partial charge on any atom is 0.416 e. The van der Waals surface area contributed by atoms with Crippen molar-refractivity contribution in [2.75, 3.05) is 10.6 Å². The molecule has 0 aliphatic heterocycles. The van der Waals surface area contributed by atoms with Crippen molar-refractivity contribution in [1.82, 2.24) is 25.5 Å². The molecule has 5 rings (SSSR count). The van der Waals surface area contributed by atoms with Crippen molar-refractivity contribution in [2.24, 2.45) is 11.3 Å². The van der Waals surface area contributed by atoms with Crippen LogP contribution in [0.4, 0.5) is 29.6 Å². The number of anilines is 2. The van der Waals surface area contributed by atoms with Gasteiger partial charge in [-0.25, -0.2) is 4.79 Å². The first kappa shape index (κ1) is 33.6. The monoisotopic (exact) mass is 641 g/mol. The summed E-state index contributed by atoms with van der Waals surface area (Å²) in [4.78, 5) is 28.1. The Kier molecular flexibility index (Phi) is 10.3. The lowest BCUT2D eigenvalue weighted by atomic mass is 9.71. The second-order valence-electron chi connectivity index (χ2n) is 12.1. The predicted molar refractivity (Wildman–Crippen MR) is 170 cm³/mol. The molecule has 240 valence electrons. The van der Waals surface area contributed by atoms with Crippen LogP contribution in [-0.4, -0.2) is 43.5 Å². The molecule has 0 atom stereocenters. The number of nitrogens with one attached hydrogen (secondary N) is 3. The van der Waals surface area contributed by atoms with Crippen LogP contribution >= 0.6 is 11.3 Å². The van der Waals surface area contributed by atoms with Gasteiger partial charge in [-0.05, 0) is 106 Å². The molecule has 45 heavy (non-hydrogen) atoms. The summed E-state index contributed by atoms with van der Waals surface area (Å²) in [5.74, 6) is 0.140. The van der Waals surface area contributed by atoms with Gasteiger partial charge in [0.05, 0.1) is 5.56 Å². The Balaban J connectivity index is 0.00000461. The number of hydrogen-bond acceptors (Lipinski definition) is 6. The van der Waals surface area contributed by atoms with Crippen LogP contribution in [0.25, 0.3) is 11.1 Å². The number of alkyl halides is 3. The first-order chi connectivity index (χ1) is 20.9. The van der Waals surface area contributed by atoms with Crippen molar-refractivity contribution < 1.29 is 22.8 Å². The lowest BCUT2D eigenvalue weighted by Crippen LogP contribution is -2.45. The number of urea groups is 1. The van der Waals surface area contributed by atoms with Gasteiger partial charge in [-0.2, -0.15) is 29.7 Å². The molecule has 1 aliphatic rings. The SMILES string of the molecule is C.CC(C)(C)C1CCC(N(Cc2ccc(C(=O)Nc3nn[nH]n3)cc2)C(=O)Nc2cc(-c3ccsc3)cc(C(F)(F)F)c2)CC1. The van der Waals surface area contributed by atoms with E-state index in [9.17, 15) is 22.8 Å². The molecule has 0 radical (unpaired) electrons. The minimum Gasteiger partial charge on any atom is -0.317 e. The molecular formula is C32H38F3N7O2S. The van der Waals surface area contributed by atoms with Crippen molar-refractivity contribution in [1.29, 1.82) is 0 Å². The molecule has 0 spiro atoms. The van der Waals surface area contributed by atoms with Gasteiger partial charge in [0.15, 0.2) is 0 Å². The molecule has 0 saturated heterocycles. The second kappa shape index (κ2) is 13.8. The highest BCUT2D eigenvalue weighted by Crippen LogP contribution is 2.40. The van der Waals surface area contributed by atoms with Gasteiger partial charge in [0.2, 0.25) is 0 Å². The van der Waals surface area contributed by atoms with Crippen LogP contribution in [0.15, 0.2) is 59.3 Å². The minimum atomic E-state index is -4.58. The molecule has 13 heteroatoms. The molecule has 1 fully saturated rings. The van der Waals surface area contributed by atoms with E-state index in [0.717, 1.165) is 43.4 Å². The molecule has 2 heterocycles. The highest BCUT2D eigenvalue weighted by Gasteiger charge is 2.35. The molecule has 1 aliphatic carbocycles. The Morgan fingerprint density at radius 2 is 1.69 bits per heavy atom. The summed E-state index contributed by atoms with van der Waals surface area (Å²) < 4.78 is 41.5. The van der Waals surface area contributed by atoms with Gasteiger partial charge in [0.1, 0.15) is 0 Å². The summed E-state index contributed by atoms with van der Waals surface area (Å²) in [6, 6.07) is 11.6. The van der Waals surface area contributed by atoms with Crippen molar-refractivity contribution in [3.63, 3.8) is 0 Å². The van der Waals surface area contributed by atoms with Crippen molar-refractivity contribution in [2.45, 2.75) is 72.6 Å². The summed E-state index contributed by atoms with van der Waals surface area (Å²) >= 11 is 1.39. The van der Waals surface area contributed by atoms with Crippen LogP contribution in [0, 0.1) is 11.3 Å². The van der Waals surface area contributed by atoms with Crippen molar-refractivity contribution in [3.05, 3.63) is 76.0 Å². The fraction of sp³-hybridized carbons (Fsp3) is 0.406. The Bertz CT molecular complexity index is 1560. The number of H-pyrrole nitrogens is 1. The molecular weight excluding hydrogens is 603 g/mol. The van der Waals surface area contributed by atoms with Crippen LogP contribution < -0.4 is 10.6 Å². The third-order valence-corrected chi connectivity index (χ3v) is 8.81. The summed E-state index contributed by atoms with van der Waals surface area (Å²) in [6.07, 6.45) is -1.13. The van der Waals surface area contributed by atoms with E-state index < -0.39 is 23.7 Å². The van der Waals surface area contributed by atoms with Crippen LogP contribution in [0.1, 0.15) is 75.4 Å². The summed E-state index contributed by atoms with van der Waals surface area (Å²) in [7, 11) is 0. The van der Waals surface area contributed by atoms with E-state index in [2.05, 4.69) is 52.0 Å². The lowest BCUT2D eigenvalue weighted by Gasteiger charge is -2.41. The Hall–Kier alpha value is -4.26. The number of aromatic nitrogens is 4. The summed E-state index contributed by atoms with van der Waals surface area (Å²) in [5, 5.41) is 22.0. The average molecular weight is 642 g/mol. The molecule has 2 aromatic heterocycles. The number of benzene rings is 2. The highest BCUT2D eigenvalue weighted by atomic mass is 32.1. The highest BCUT2D eigenvalue weighted by molar-refractivity contribution is 7.08. The maximum atomic E-state index is 13.9. The number of rotatable bonds is 7. The summed E-state index contributed by atoms with van der Waals surface area (Å²) in [5.41, 5.74) is 1.56. The fourth-order valence-electron chi connectivity index (χ4n) is 5.62. The molecule has 0 bridgehead atoms. The quantitative estimate of drug-likeness (QED) is 0.187. The van der Waals surface area contributed by atoms with Crippen LogP contribution in [-0.2, 0) is 12.7 Å². The minimum absolute atomic E-state index is 0. The van der Waals surface area contributed by atoms with E-state index in [1.54, 1.807) is 52.1 Å². The molecule has 9 nitrogen and oxygen atoms in total. The number of aromatic amines is 1. The molecule has 1 saturated carbocycles. The molecule has 2 aromatic carbocycles. The van der Waals surface area contributed by atoms with Gasteiger partial charge >= 0.3 is 12.2 Å². The number of amides is 3. The van der Waals surface area contributed by atoms with E-state index in [1.807, 2.05) is 0 Å². The Morgan fingerprint density at radius 1 is 0.978 bits per heavy atom. The number of halogens is 3. The first-order valence-electron chi connectivity index (χ1n) is 14.3. The van der Waals surface area contributed by atoms with Crippen LogP contribution in [0.2, 0.25) is 0 Å². The molecule has 3 amide bonds. The standard InChI is InChI=1S/C31H34F3N7O2S.CH4/c1-30(2,3)23-8-10-26(11-9-23)41(17-19-4-6-20(7-5-19)27(42)36-28-37-39-40-38-28)29(43)35-25-15-22(21-12-13-44-18-21)14-24(16-25)31(32,33)34;/h4-7,12-16,18,23,26H,8-11,17H2,1-3H3,(H,35,43)(H2,36,37,38,39,40,42);1H4. The smallest absolute Gasteiger partial charge is 0.317 e. The van der Waals surface area contributed by atoms with Crippen LogP contribution in [0.3, 0.4) is 0 Å². The van der Waals surface area contributed by atoms with Crippen LogP contribution in [0.5, 0.6) is 0 Å². The van der Waals surface area contributed by atoms with E-state index in [4.69, 9.17) is 0 Å². The first-order valence-corrected chi connectivity index (χ1v) is 15.3. The van der Waals surface area contributed by atoms with Gasteiger partial charge in [-0.3, -0.25) is 10.1 Å². The average Bonchev–Trinajstić information content (AvgIpc) is 3.70. The maximum absolute atomic E-state index is 13.9. The predicted octanol–water partition coefficient (Wildman–Crippen LogP) is 8.47. The molecule has 0 unspecified atom stereocenters. The van der Waals surface area contributed by atoms with Gasteiger partial charge in [0.25, 0.3) is 11.9 Å². The second-order valence-corrected chi connectivity index (χ2v) is 12.9. The van der Waals surface area contributed by atoms with Gasteiger partial charge in [0, 0.05) is 23.8 Å². The third kappa shape index (κ3) is 8.47. The fourth-order valence-corrected chi connectivity index (χ4v) is 6.29. The zero-order valence-corrected chi connectivity index (χ0v) is 25.4. The Labute approximate surface area is 264 Å². The third-order valence-electron chi connectivity index (χ3n) is 8.13. The van der Waals surface area contributed by atoms with E-state index in [-0.39, 0.29) is 37.1 Å². The van der Waals surface area contributed by atoms with Gasteiger partial charge in [-0.1, -0.05) is 45.4 Å².